The van der Waals surface area contributed by atoms with Crippen molar-refractivity contribution in [1.29, 1.82) is 0 Å². The van der Waals surface area contributed by atoms with Crippen LogP contribution in [0.5, 0.6) is 0 Å². The molecule has 6 heteroatoms. The lowest BCUT2D eigenvalue weighted by Gasteiger charge is -2.35. The lowest BCUT2D eigenvalue weighted by Crippen LogP contribution is -2.45. The third-order valence-electron chi connectivity index (χ3n) is 4.31. The summed E-state index contributed by atoms with van der Waals surface area (Å²) in [5, 5.41) is 12.5. The molecule has 1 saturated heterocycles. The van der Waals surface area contributed by atoms with E-state index in [1.165, 1.54) is 5.56 Å². The molecule has 24 heavy (non-hydrogen) atoms. The predicted octanol–water partition coefficient (Wildman–Crippen LogP) is 1.81. The van der Waals surface area contributed by atoms with Gasteiger partial charge in [0.15, 0.2) is 0 Å². The normalized spacial score (nSPS) is 18.6. The van der Waals surface area contributed by atoms with Crippen LogP contribution in [-0.4, -0.2) is 44.5 Å². The number of piperazine rings is 1. The van der Waals surface area contributed by atoms with Gasteiger partial charge >= 0.3 is 0 Å². The SMILES string of the molecule is c1ccc(-n2ncc(CN3CCNCC3c3cccnc3)n2)cc1. The average Bonchev–Trinajstić information content (AvgIpc) is 3.12. The molecule has 0 aliphatic carbocycles. The summed E-state index contributed by atoms with van der Waals surface area (Å²) in [4.78, 5) is 8.39. The first kappa shape index (κ1) is 15.0. The second-order valence-electron chi connectivity index (χ2n) is 5.94. The van der Waals surface area contributed by atoms with Crippen LogP contribution in [0.3, 0.4) is 0 Å². The van der Waals surface area contributed by atoms with E-state index in [0.29, 0.717) is 6.04 Å². The molecular formula is C18H20N6. The van der Waals surface area contributed by atoms with Gasteiger partial charge in [-0.2, -0.15) is 15.0 Å². The average molecular weight is 320 g/mol. The second-order valence-corrected chi connectivity index (χ2v) is 5.94. The number of hydrogen-bond acceptors (Lipinski definition) is 5. The highest BCUT2D eigenvalue weighted by Gasteiger charge is 2.24. The Bertz CT molecular complexity index is 770. The van der Waals surface area contributed by atoms with Crippen LogP contribution in [0, 0.1) is 0 Å². The highest BCUT2D eigenvalue weighted by Crippen LogP contribution is 2.23. The first-order valence-electron chi connectivity index (χ1n) is 8.21. The molecule has 122 valence electrons. The fraction of sp³-hybridized carbons (Fsp3) is 0.278. The molecular weight excluding hydrogens is 300 g/mol. The molecule has 1 N–H and O–H groups in total. The molecule has 1 aliphatic heterocycles. The van der Waals surface area contributed by atoms with Gasteiger partial charge < -0.3 is 5.32 Å². The molecule has 1 unspecified atom stereocenters. The number of nitrogens with one attached hydrogen (secondary N) is 1. The lowest BCUT2D eigenvalue weighted by molar-refractivity contribution is 0.151. The van der Waals surface area contributed by atoms with E-state index in [-0.39, 0.29) is 0 Å². The standard InChI is InChI=1S/C18H20N6/c1-2-6-17(7-3-1)24-21-12-16(22-24)14-23-10-9-20-13-18(23)15-5-4-8-19-11-15/h1-8,11-12,18,20H,9-10,13-14H2. The molecule has 1 atom stereocenters. The summed E-state index contributed by atoms with van der Waals surface area (Å²) in [7, 11) is 0. The summed E-state index contributed by atoms with van der Waals surface area (Å²) in [5.74, 6) is 0. The Morgan fingerprint density at radius 3 is 2.83 bits per heavy atom. The van der Waals surface area contributed by atoms with Crippen molar-refractivity contribution in [1.82, 2.24) is 30.2 Å². The first-order valence-corrected chi connectivity index (χ1v) is 8.21. The molecule has 2 aromatic heterocycles. The van der Waals surface area contributed by atoms with Crippen molar-refractivity contribution in [3.63, 3.8) is 0 Å². The van der Waals surface area contributed by atoms with Crippen molar-refractivity contribution in [2.75, 3.05) is 19.6 Å². The Morgan fingerprint density at radius 1 is 1.08 bits per heavy atom. The van der Waals surface area contributed by atoms with Gasteiger partial charge in [-0.25, -0.2) is 0 Å². The van der Waals surface area contributed by atoms with Gasteiger partial charge in [0.2, 0.25) is 0 Å². The zero-order valence-corrected chi connectivity index (χ0v) is 13.4. The van der Waals surface area contributed by atoms with Crippen LogP contribution in [0.25, 0.3) is 5.69 Å². The Kier molecular flexibility index (Phi) is 4.31. The zero-order chi connectivity index (χ0) is 16.2. The van der Waals surface area contributed by atoms with E-state index in [1.807, 2.05) is 55.0 Å². The monoisotopic (exact) mass is 320 g/mol. The Hall–Kier alpha value is -2.57. The molecule has 0 saturated carbocycles. The quantitative estimate of drug-likeness (QED) is 0.794. The summed E-state index contributed by atoms with van der Waals surface area (Å²) in [5.41, 5.74) is 3.20. The fourth-order valence-electron chi connectivity index (χ4n) is 3.10. The minimum atomic E-state index is 0.314. The maximum Gasteiger partial charge on any atom is 0.0972 e. The van der Waals surface area contributed by atoms with Crippen molar-refractivity contribution >= 4 is 0 Å². The van der Waals surface area contributed by atoms with E-state index in [2.05, 4.69) is 31.5 Å². The molecule has 0 radical (unpaired) electrons. The van der Waals surface area contributed by atoms with Gasteiger partial charge in [0, 0.05) is 44.6 Å². The van der Waals surface area contributed by atoms with Gasteiger partial charge in [0.1, 0.15) is 0 Å². The van der Waals surface area contributed by atoms with Gasteiger partial charge in [0.25, 0.3) is 0 Å². The van der Waals surface area contributed by atoms with E-state index in [0.717, 1.165) is 37.6 Å². The van der Waals surface area contributed by atoms with Crippen molar-refractivity contribution in [3.05, 3.63) is 72.3 Å². The fourth-order valence-corrected chi connectivity index (χ4v) is 3.10. The number of benzene rings is 1. The Labute approximate surface area is 141 Å². The number of nitrogens with zero attached hydrogens (tertiary/aromatic N) is 5. The van der Waals surface area contributed by atoms with Crippen molar-refractivity contribution in [2.45, 2.75) is 12.6 Å². The van der Waals surface area contributed by atoms with Crippen LogP contribution in [0.4, 0.5) is 0 Å². The predicted molar refractivity (Wildman–Crippen MR) is 91.6 cm³/mol. The van der Waals surface area contributed by atoms with Gasteiger partial charge in [0.05, 0.1) is 17.6 Å². The maximum absolute atomic E-state index is 4.63. The van der Waals surface area contributed by atoms with Crippen LogP contribution in [0.1, 0.15) is 17.3 Å². The largest absolute Gasteiger partial charge is 0.314 e. The minimum absolute atomic E-state index is 0.314. The molecule has 1 aromatic carbocycles. The van der Waals surface area contributed by atoms with Crippen LogP contribution in [0.15, 0.2) is 61.1 Å². The molecule has 6 nitrogen and oxygen atoms in total. The number of para-hydroxylation sites is 1. The lowest BCUT2D eigenvalue weighted by atomic mass is 10.1. The van der Waals surface area contributed by atoms with E-state index >= 15 is 0 Å². The maximum atomic E-state index is 4.63. The van der Waals surface area contributed by atoms with Gasteiger partial charge in [-0.1, -0.05) is 24.3 Å². The topological polar surface area (TPSA) is 58.9 Å². The number of aromatic nitrogens is 4. The number of pyridine rings is 1. The highest BCUT2D eigenvalue weighted by molar-refractivity contribution is 5.28. The summed E-state index contributed by atoms with van der Waals surface area (Å²) >= 11 is 0. The smallest absolute Gasteiger partial charge is 0.0972 e. The first-order chi connectivity index (χ1) is 11.9. The number of hydrogen-bond donors (Lipinski definition) is 1. The van der Waals surface area contributed by atoms with Gasteiger partial charge in [-0.15, -0.1) is 0 Å². The molecule has 0 amide bonds. The third-order valence-corrected chi connectivity index (χ3v) is 4.31. The van der Waals surface area contributed by atoms with Crippen molar-refractivity contribution < 1.29 is 0 Å². The van der Waals surface area contributed by atoms with Gasteiger partial charge in [-0.05, 0) is 23.8 Å². The van der Waals surface area contributed by atoms with Crippen LogP contribution in [-0.2, 0) is 6.54 Å². The molecule has 1 aliphatic rings. The second kappa shape index (κ2) is 6.90. The van der Waals surface area contributed by atoms with Crippen molar-refractivity contribution in [2.24, 2.45) is 0 Å². The third kappa shape index (κ3) is 3.20. The van der Waals surface area contributed by atoms with Gasteiger partial charge in [-0.3, -0.25) is 9.88 Å². The molecule has 4 rings (SSSR count). The minimum Gasteiger partial charge on any atom is -0.314 e. The molecule has 0 spiro atoms. The van der Waals surface area contributed by atoms with Crippen LogP contribution >= 0.6 is 0 Å². The van der Waals surface area contributed by atoms with E-state index < -0.39 is 0 Å². The van der Waals surface area contributed by atoms with E-state index in [4.69, 9.17) is 0 Å². The van der Waals surface area contributed by atoms with E-state index in [1.54, 1.807) is 4.80 Å². The Balaban J connectivity index is 1.52. The Morgan fingerprint density at radius 2 is 2.00 bits per heavy atom. The summed E-state index contributed by atoms with van der Waals surface area (Å²) in [6.07, 6.45) is 5.62. The summed E-state index contributed by atoms with van der Waals surface area (Å²) in [6.45, 7) is 3.69. The molecule has 3 aromatic rings. The summed E-state index contributed by atoms with van der Waals surface area (Å²) < 4.78 is 0. The zero-order valence-electron chi connectivity index (χ0n) is 13.4. The van der Waals surface area contributed by atoms with Crippen LogP contribution < -0.4 is 5.32 Å². The molecule has 3 heterocycles. The van der Waals surface area contributed by atoms with E-state index in [9.17, 15) is 0 Å². The highest BCUT2D eigenvalue weighted by atomic mass is 15.5. The van der Waals surface area contributed by atoms with Crippen molar-refractivity contribution in [3.8, 4) is 5.69 Å². The molecule has 0 bridgehead atoms. The van der Waals surface area contributed by atoms with Crippen LogP contribution in [0.2, 0.25) is 0 Å². The molecule has 1 fully saturated rings. The summed E-state index contributed by atoms with van der Waals surface area (Å²) in [6, 6.07) is 14.4. The number of rotatable bonds is 4.